The molecule has 140 valence electrons. The molecule has 1 fully saturated rings. The second-order valence-corrected chi connectivity index (χ2v) is 9.20. The molecule has 26 heavy (non-hydrogen) atoms. The van der Waals surface area contributed by atoms with Gasteiger partial charge >= 0.3 is 0 Å². The van der Waals surface area contributed by atoms with Crippen LogP contribution in [0.2, 0.25) is 0 Å². The highest BCUT2D eigenvalue weighted by Crippen LogP contribution is 2.22. The number of sulfonamides is 1. The summed E-state index contributed by atoms with van der Waals surface area (Å²) >= 11 is 1.59. The fraction of sp³-hybridized carbons (Fsp3) is 0.389. The number of rotatable bonds is 5. The fourth-order valence-corrected chi connectivity index (χ4v) is 5.03. The van der Waals surface area contributed by atoms with E-state index >= 15 is 0 Å². The lowest BCUT2D eigenvalue weighted by Crippen LogP contribution is -2.40. The zero-order valence-electron chi connectivity index (χ0n) is 14.8. The van der Waals surface area contributed by atoms with Crippen molar-refractivity contribution in [2.24, 2.45) is 0 Å². The molecule has 3 rings (SSSR count). The summed E-state index contributed by atoms with van der Waals surface area (Å²) in [5, 5.41) is 1.97. The van der Waals surface area contributed by atoms with E-state index in [-0.39, 0.29) is 10.8 Å². The number of nitrogens with zero attached hydrogens (tertiary/aromatic N) is 2. The number of thiophene rings is 1. The molecular formula is C18H22N2O4S2. The van der Waals surface area contributed by atoms with Gasteiger partial charge in [-0.25, -0.2) is 8.42 Å². The van der Waals surface area contributed by atoms with Crippen LogP contribution in [0, 0.1) is 6.92 Å². The molecule has 0 aliphatic carbocycles. The molecule has 1 aromatic carbocycles. The molecule has 1 amide bonds. The van der Waals surface area contributed by atoms with Crippen molar-refractivity contribution in [2.45, 2.75) is 18.4 Å². The third-order valence-corrected chi connectivity index (χ3v) is 7.12. The molecular weight excluding hydrogens is 372 g/mol. The quantitative estimate of drug-likeness (QED) is 0.781. The van der Waals surface area contributed by atoms with Crippen LogP contribution in [-0.2, 0) is 21.3 Å². The topological polar surface area (TPSA) is 66.9 Å². The van der Waals surface area contributed by atoms with Gasteiger partial charge in [0.05, 0.1) is 24.7 Å². The number of morpholine rings is 1. The number of hydrogen-bond donors (Lipinski definition) is 0. The summed E-state index contributed by atoms with van der Waals surface area (Å²) < 4.78 is 32.3. The van der Waals surface area contributed by atoms with Crippen LogP contribution in [-0.4, -0.2) is 56.9 Å². The summed E-state index contributed by atoms with van der Waals surface area (Å²) in [5.74, 6) is -0.185. The Bertz CT molecular complexity index is 873. The SMILES string of the molecule is Cc1ccc(S(=O)(=O)N2CCOCC2)cc1C(=O)N(C)Cc1cccs1. The van der Waals surface area contributed by atoms with E-state index in [4.69, 9.17) is 4.74 Å². The minimum Gasteiger partial charge on any atom is -0.379 e. The smallest absolute Gasteiger partial charge is 0.254 e. The normalized spacial score (nSPS) is 15.8. The second-order valence-electron chi connectivity index (χ2n) is 6.23. The Balaban J connectivity index is 1.86. The molecule has 0 N–H and O–H groups in total. The summed E-state index contributed by atoms with van der Waals surface area (Å²) in [6, 6.07) is 8.67. The van der Waals surface area contributed by atoms with E-state index in [1.54, 1.807) is 35.4 Å². The summed E-state index contributed by atoms with van der Waals surface area (Å²) in [4.78, 5) is 15.7. The number of carbonyl (C=O) groups is 1. The van der Waals surface area contributed by atoms with Gasteiger partial charge in [-0.1, -0.05) is 12.1 Å². The number of benzene rings is 1. The standard InChI is InChI=1S/C18H22N2O4S2/c1-14-5-6-16(26(22,23)20-7-9-24-10-8-20)12-17(14)18(21)19(2)13-15-4-3-11-25-15/h3-6,11-12H,7-10,13H2,1-2H3. The van der Waals surface area contributed by atoms with Crippen molar-refractivity contribution in [1.82, 2.24) is 9.21 Å². The molecule has 8 heteroatoms. The van der Waals surface area contributed by atoms with Crippen LogP contribution in [0.25, 0.3) is 0 Å². The van der Waals surface area contributed by atoms with Crippen molar-refractivity contribution in [1.29, 1.82) is 0 Å². The van der Waals surface area contributed by atoms with Crippen LogP contribution < -0.4 is 0 Å². The lowest BCUT2D eigenvalue weighted by Gasteiger charge is -2.26. The van der Waals surface area contributed by atoms with E-state index in [0.717, 1.165) is 10.4 Å². The maximum Gasteiger partial charge on any atom is 0.254 e. The molecule has 0 bridgehead atoms. The zero-order chi connectivity index (χ0) is 18.7. The van der Waals surface area contributed by atoms with Crippen LogP contribution >= 0.6 is 11.3 Å². The molecule has 1 aliphatic rings. The minimum atomic E-state index is -3.63. The Labute approximate surface area is 158 Å². The van der Waals surface area contributed by atoms with E-state index in [1.165, 1.54) is 10.4 Å². The maximum absolute atomic E-state index is 12.8. The van der Waals surface area contributed by atoms with E-state index in [2.05, 4.69) is 0 Å². The van der Waals surface area contributed by atoms with Crippen molar-refractivity contribution in [3.63, 3.8) is 0 Å². The van der Waals surface area contributed by atoms with Gasteiger partial charge in [0.1, 0.15) is 0 Å². The Morgan fingerprint density at radius 2 is 2.00 bits per heavy atom. The van der Waals surface area contributed by atoms with Gasteiger partial charge in [-0.15, -0.1) is 11.3 Å². The van der Waals surface area contributed by atoms with Crippen LogP contribution in [0.15, 0.2) is 40.6 Å². The predicted octanol–water partition coefficient (Wildman–Crippen LogP) is 2.35. The van der Waals surface area contributed by atoms with Gasteiger partial charge in [0.15, 0.2) is 0 Å². The Kier molecular flexibility index (Phi) is 5.76. The van der Waals surface area contributed by atoms with Crippen molar-refractivity contribution in [3.8, 4) is 0 Å². The maximum atomic E-state index is 12.8. The average Bonchev–Trinajstić information content (AvgIpc) is 3.15. The van der Waals surface area contributed by atoms with Crippen LogP contribution in [0.5, 0.6) is 0 Å². The van der Waals surface area contributed by atoms with Crippen LogP contribution in [0.1, 0.15) is 20.8 Å². The monoisotopic (exact) mass is 394 g/mol. The highest BCUT2D eigenvalue weighted by Gasteiger charge is 2.27. The van der Waals surface area contributed by atoms with Gasteiger partial charge in [0, 0.05) is 30.6 Å². The minimum absolute atomic E-state index is 0.151. The summed E-state index contributed by atoms with van der Waals surface area (Å²) in [5.41, 5.74) is 1.17. The van der Waals surface area contributed by atoms with Gasteiger partial charge in [-0.05, 0) is 36.1 Å². The lowest BCUT2D eigenvalue weighted by molar-refractivity contribution is 0.0730. The number of ether oxygens (including phenoxy) is 1. The van der Waals surface area contributed by atoms with E-state index in [9.17, 15) is 13.2 Å². The van der Waals surface area contributed by atoms with Gasteiger partial charge in [-0.3, -0.25) is 4.79 Å². The molecule has 1 aliphatic heterocycles. The van der Waals surface area contributed by atoms with Gasteiger partial charge in [0.25, 0.3) is 5.91 Å². The van der Waals surface area contributed by atoms with E-state index < -0.39 is 10.0 Å². The molecule has 0 atom stereocenters. The lowest BCUT2D eigenvalue weighted by atomic mass is 10.1. The third kappa shape index (κ3) is 3.98. The molecule has 0 spiro atoms. The van der Waals surface area contributed by atoms with Crippen molar-refractivity contribution in [2.75, 3.05) is 33.4 Å². The molecule has 0 unspecified atom stereocenters. The second kappa shape index (κ2) is 7.87. The number of hydrogen-bond acceptors (Lipinski definition) is 5. The largest absolute Gasteiger partial charge is 0.379 e. The van der Waals surface area contributed by atoms with Crippen LogP contribution in [0.4, 0.5) is 0 Å². The first-order chi connectivity index (χ1) is 12.4. The highest BCUT2D eigenvalue weighted by atomic mass is 32.2. The molecule has 1 aromatic heterocycles. The zero-order valence-corrected chi connectivity index (χ0v) is 16.5. The predicted molar refractivity (Wildman–Crippen MR) is 101 cm³/mol. The van der Waals surface area contributed by atoms with E-state index in [1.807, 2.05) is 24.4 Å². The van der Waals surface area contributed by atoms with Crippen LogP contribution in [0.3, 0.4) is 0 Å². The number of aryl methyl sites for hydroxylation is 1. The van der Waals surface area contributed by atoms with Crippen molar-refractivity contribution < 1.29 is 17.9 Å². The number of amides is 1. The van der Waals surface area contributed by atoms with Crippen molar-refractivity contribution in [3.05, 3.63) is 51.7 Å². The highest BCUT2D eigenvalue weighted by molar-refractivity contribution is 7.89. The first kappa shape index (κ1) is 19.0. The third-order valence-electron chi connectivity index (χ3n) is 4.37. The van der Waals surface area contributed by atoms with Crippen molar-refractivity contribution >= 4 is 27.3 Å². The van der Waals surface area contributed by atoms with Gasteiger partial charge in [-0.2, -0.15) is 4.31 Å². The Morgan fingerprint density at radius 1 is 1.27 bits per heavy atom. The molecule has 2 aromatic rings. The summed E-state index contributed by atoms with van der Waals surface area (Å²) in [6.07, 6.45) is 0. The molecule has 1 saturated heterocycles. The molecule has 0 radical (unpaired) electrons. The fourth-order valence-electron chi connectivity index (χ4n) is 2.84. The first-order valence-corrected chi connectivity index (χ1v) is 10.7. The average molecular weight is 395 g/mol. The first-order valence-electron chi connectivity index (χ1n) is 8.36. The molecule has 6 nitrogen and oxygen atoms in total. The van der Waals surface area contributed by atoms with Gasteiger partial charge < -0.3 is 9.64 Å². The van der Waals surface area contributed by atoms with Gasteiger partial charge in [0.2, 0.25) is 10.0 Å². The Hall–Kier alpha value is -1.74. The Morgan fingerprint density at radius 3 is 2.65 bits per heavy atom. The summed E-state index contributed by atoms with van der Waals surface area (Å²) in [7, 11) is -1.90. The van der Waals surface area contributed by atoms with E-state index in [0.29, 0.717) is 38.4 Å². The summed E-state index contributed by atoms with van der Waals surface area (Å²) in [6.45, 7) is 3.75. The molecule has 2 heterocycles. The molecule has 0 saturated carbocycles. The number of carbonyl (C=O) groups excluding carboxylic acids is 1.